The Labute approximate surface area is 144 Å². The minimum absolute atomic E-state index is 0.0993. The highest BCUT2D eigenvalue weighted by molar-refractivity contribution is 5.78. The quantitative estimate of drug-likeness (QED) is 0.406. The average Bonchev–Trinajstić information content (AvgIpc) is 3.39. The highest BCUT2D eigenvalue weighted by Gasteiger charge is 2.42. The highest BCUT2D eigenvalue weighted by Crippen LogP contribution is 2.24. The summed E-state index contributed by atoms with van der Waals surface area (Å²) < 4.78 is 4.81. The van der Waals surface area contributed by atoms with Crippen LogP contribution >= 0.6 is 0 Å². The van der Waals surface area contributed by atoms with Crippen LogP contribution in [0.1, 0.15) is 49.8 Å². The molecule has 3 atom stereocenters. The molecule has 1 aromatic carbocycles. The van der Waals surface area contributed by atoms with Crippen LogP contribution in [0.2, 0.25) is 0 Å². The van der Waals surface area contributed by atoms with Crippen molar-refractivity contribution in [1.29, 1.82) is 5.26 Å². The Morgan fingerprint density at radius 3 is 2.75 bits per heavy atom. The maximum Gasteiger partial charge on any atom is 0.324 e. The number of unbranched alkanes of at least 4 members (excludes halogenated alkanes) is 3. The van der Waals surface area contributed by atoms with Crippen LogP contribution in [0.5, 0.6) is 0 Å². The Kier molecular flexibility index (Phi) is 7.23. The number of esters is 1. The van der Waals surface area contributed by atoms with E-state index in [-0.39, 0.29) is 18.1 Å². The van der Waals surface area contributed by atoms with E-state index in [1.165, 1.54) is 26.4 Å². The summed E-state index contributed by atoms with van der Waals surface area (Å²) in [6, 6.07) is 9.91. The zero-order valence-corrected chi connectivity index (χ0v) is 14.6. The Morgan fingerprint density at radius 1 is 1.38 bits per heavy atom. The molecule has 0 spiro atoms. The van der Waals surface area contributed by atoms with Crippen LogP contribution in [-0.2, 0) is 9.53 Å². The molecule has 0 saturated carbocycles. The Balaban J connectivity index is 1.93. The fourth-order valence-electron chi connectivity index (χ4n) is 2.88. The summed E-state index contributed by atoms with van der Waals surface area (Å²) in [5.41, 5.74) is 1.82. The Morgan fingerprint density at radius 2 is 2.12 bits per heavy atom. The van der Waals surface area contributed by atoms with E-state index < -0.39 is 0 Å². The molecular formula is C19H27N3O2. The van der Waals surface area contributed by atoms with Crippen LogP contribution in [0.4, 0.5) is 0 Å². The van der Waals surface area contributed by atoms with E-state index in [1.54, 1.807) is 0 Å². The molecule has 1 N–H and O–H groups in total. The monoisotopic (exact) mass is 329 g/mol. The van der Waals surface area contributed by atoms with Gasteiger partial charge in [0.15, 0.2) is 0 Å². The van der Waals surface area contributed by atoms with E-state index in [0.717, 1.165) is 31.6 Å². The van der Waals surface area contributed by atoms with Crippen LogP contribution in [0.25, 0.3) is 0 Å². The summed E-state index contributed by atoms with van der Waals surface area (Å²) in [7, 11) is 1.43. The number of carbonyl (C=O) groups excluding carboxylic acids is 1. The topological polar surface area (TPSA) is 65.1 Å². The molecule has 3 unspecified atom stereocenters. The zero-order chi connectivity index (χ0) is 17.4. The zero-order valence-electron chi connectivity index (χ0n) is 14.6. The summed E-state index contributed by atoms with van der Waals surface area (Å²) in [4.78, 5) is 13.7. The summed E-state index contributed by atoms with van der Waals surface area (Å²) in [6.45, 7) is 4.71. The number of nitrogens with zero attached hydrogens (tertiary/aromatic N) is 2. The largest absolute Gasteiger partial charge is 0.468 e. The molecule has 1 fully saturated rings. The van der Waals surface area contributed by atoms with E-state index >= 15 is 0 Å². The predicted octanol–water partition coefficient (Wildman–Crippen LogP) is 2.63. The molecule has 130 valence electrons. The standard InChI is InChI=1S/C19H27N3O2/c1-3-4-5-6-11-21-17(13-22-14-18(22)19(23)24-2)16-9-7-15(12-20)8-10-16/h7-10,17-18,21H,3-6,11,13-14H2,1-2H3. The van der Waals surface area contributed by atoms with E-state index in [0.29, 0.717) is 5.56 Å². The van der Waals surface area contributed by atoms with Crippen molar-refractivity contribution in [2.45, 2.75) is 44.7 Å². The summed E-state index contributed by atoms with van der Waals surface area (Å²) in [5, 5.41) is 12.5. The molecule has 0 bridgehead atoms. The van der Waals surface area contributed by atoms with Crippen molar-refractivity contribution < 1.29 is 9.53 Å². The minimum atomic E-state index is -0.156. The van der Waals surface area contributed by atoms with Crippen molar-refractivity contribution in [2.75, 3.05) is 26.7 Å². The minimum Gasteiger partial charge on any atom is -0.468 e. The van der Waals surface area contributed by atoms with Crippen molar-refractivity contribution in [1.82, 2.24) is 10.2 Å². The van der Waals surface area contributed by atoms with Gasteiger partial charge in [-0.15, -0.1) is 0 Å². The van der Waals surface area contributed by atoms with Crippen LogP contribution < -0.4 is 5.32 Å². The van der Waals surface area contributed by atoms with Gasteiger partial charge in [0.1, 0.15) is 6.04 Å². The molecule has 2 rings (SSSR count). The lowest BCUT2D eigenvalue weighted by Crippen LogP contribution is -2.30. The van der Waals surface area contributed by atoms with Crippen LogP contribution in [0, 0.1) is 11.3 Å². The van der Waals surface area contributed by atoms with Crippen LogP contribution in [0.3, 0.4) is 0 Å². The van der Waals surface area contributed by atoms with Crippen LogP contribution in [0.15, 0.2) is 24.3 Å². The summed E-state index contributed by atoms with van der Waals surface area (Å²) in [5.74, 6) is -0.156. The van der Waals surface area contributed by atoms with Gasteiger partial charge in [-0.3, -0.25) is 9.69 Å². The van der Waals surface area contributed by atoms with Gasteiger partial charge in [0.25, 0.3) is 0 Å². The maximum absolute atomic E-state index is 11.6. The van der Waals surface area contributed by atoms with Crippen molar-refractivity contribution >= 4 is 5.97 Å². The second kappa shape index (κ2) is 9.41. The Hall–Kier alpha value is -1.90. The van der Waals surface area contributed by atoms with E-state index in [4.69, 9.17) is 10.00 Å². The molecule has 0 aliphatic carbocycles. The first-order valence-electron chi connectivity index (χ1n) is 8.75. The average molecular weight is 329 g/mol. The number of benzene rings is 1. The lowest BCUT2D eigenvalue weighted by atomic mass is 10.0. The molecule has 1 aromatic rings. The first-order valence-corrected chi connectivity index (χ1v) is 8.75. The van der Waals surface area contributed by atoms with Crippen molar-refractivity contribution in [2.24, 2.45) is 0 Å². The van der Waals surface area contributed by atoms with Gasteiger partial charge >= 0.3 is 5.97 Å². The first-order chi connectivity index (χ1) is 11.7. The van der Waals surface area contributed by atoms with E-state index in [2.05, 4.69) is 23.2 Å². The number of nitriles is 1. The number of rotatable bonds is 10. The molecule has 5 heteroatoms. The van der Waals surface area contributed by atoms with Gasteiger partial charge in [0.2, 0.25) is 0 Å². The van der Waals surface area contributed by atoms with Gasteiger partial charge in [-0.05, 0) is 30.7 Å². The Bertz CT molecular complexity index is 565. The number of methoxy groups -OCH3 is 1. The molecule has 1 heterocycles. The van der Waals surface area contributed by atoms with Gasteiger partial charge in [-0.2, -0.15) is 5.26 Å². The van der Waals surface area contributed by atoms with Gasteiger partial charge in [-0.25, -0.2) is 0 Å². The molecule has 24 heavy (non-hydrogen) atoms. The number of ether oxygens (including phenoxy) is 1. The molecule has 0 radical (unpaired) electrons. The lowest BCUT2D eigenvalue weighted by Gasteiger charge is -2.20. The fourth-order valence-corrected chi connectivity index (χ4v) is 2.88. The molecule has 1 aliphatic rings. The lowest BCUT2D eigenvalue weighted by molar-refractivity contribution is -0.140. The van der Waals surface area contributed by atoms with Crippen molar-refractivity contribution in [3.05, 3.63) is 35.4 Å². The SMILES string of the molecule is CCCCCCNC(CN1CC1C(=O)OC)c1ccc(C#N)cc1. The van der Waals surface area contributed by atoms with Crippen LogP contribution in [-0.4, -0.2) is 43.7 Å². The van der Waals surface area contributed by atoms with Crippen molar-refractivity contribution in [3.63, 3.8) is 0 Å². The number of hydrogen-bond acceptors (Lipinski definition) is 5. The van der Waals surface area contributed by atoms with E-state index in [9.17, 15) is 4.79 Å². The highest BCUT2D eigenvalue weighted by atomic mass is 16.5. The van der Waals surface area contributed by atoms with E-state index in [1.807, 2.05) is 24.3 Å². The molecule has 0 amide bonds. The third-order valence-corrected chi connectivity index (χ3v) is 4.47. The number of nitrogens with one attached hydrogen (secondary N) is 1. The van der Waals surface area contributed by atoms with Gasteiger partial charge in [-0.1, -0.05) is 38.3 Å². The second-order valence-corrected chi connectivity index (χ2v) is 6.29. The third kappa shape index (κ3) is 5.33. The maximum atomic E-state index is 11.6. The smallest absolute Gasteiger partial charge is 0.324 e. The second-order valence-electron chi connectivity index (χ2n) is 6.29. The molecule has 1 saturated heterocycles. The summed E-state index contributed by atoms with van der Waals surface area (Å²) >= 11 is 0. The molecule has 0 aromatic heterocycles. The predicted molar refractivity (Wildman–Crippen MR) is 93.4 cm³/mol. The van der Waals surface area contributed by atoms with Gasteiger partial charge < -0.3 is 10.1 Å². The van der Waals surface area contributed by atoms with Gasteiger partial charge in [0.05, 0.1) is 18.7 Å². The van der Waals surface area contributed by atoms with Gasteiger partial charge in [0, 0.05) is 19.1 Å². The first kappa shape index (κ1) is 18.4. The number of carbonyl (C=O) groups is 1. The third-order valence-electron chi connectivity index (χ3n) is 4.47. The fraction of sp³-hybridized carbons (Fsp3) is 0.579. The summed E-state index contributed by atoms with van der Waals surface area (Å²) in [6.07, 6.45) is 4.88. The molecule has 5 nitrogen and oxygen atoms in total. The molecular weight excluding hydrogens is 302 g/mol. The normalized spacial score (nSPS) is 20.2. The molecule has 1 aliphatic heterocycles. The van der Waals surface area contributed by atoms with Crippen molar-refractivity contribution in [3.8, 4) is 6.07 Å². The number of hydrogen-bond donors (Lipinski definition) is 1.